The zero-order valence-electron chi connectivity index (χ0n) is 18.4. The average molecular weight is 450 g/mol. The summed E-state index contributed by atoms with van der Waals surface area (Å²) < 4.78 is 33.7. The van der Waals surface area contributed by atoms with Crippen molar-refractivity contribution >= 4 is 16.8 Å². The third kappa shape index (κ3) is 2.98. The van der Waals surface area contributed by atoms with Crippen LogP contribution in [0.25, 0.3) is 10.9 Å². The molecule has 2 heterocycles. The number of pyridine rings is 1. The van der Waals surface area contributed by atoms with Gasteiger partial charge in [-0.1, -0.05) is 24.6 Å². The second-order valence-electron chi connectivity index (χ2n) is 9.40. The minimum Gasteiger partial charge on any atom is -0.486 e. The van der Waals surface area contributed by atoms with E-state index in [2.05, 4.69) is 22.2 Å². The fourth-order valence-electron chi connectivity index (χ4n) is 6.38. The van der Waals surface area contributed by atoms with Crippen molar-refractivity contribution in [1.82, 2.24) is 15.2 Å². The van der Waals surface area contributed by atoms with Crippen LogP contribution in [0.3, 0.4) is 0 Å². The molecule has 7 heteroatoms. The summed E-state index contributed by atoms with van der Waals surface area (Å²) >= 11 is 0. The number of ether oxygens (including phenoxy) is 1. The Balaban J connectivity index is 1.24. The molecular formula is C26H25F2N3O2. The van der Waals surface area contributed by atoms with Crippen molar-refractivity contribution in [3.8, 4) is 5.75 Å². The molecule has 2 aliphatic carbocycles. The molecule has 1 N–H and O–H groups in total. The molecule has 3 aromatic rings. The lowest BCUT2D eigenvalue weighted by Crippen LogP contribution is -2.62. The van der Waals surface area contributed by atoms with Crippen LogP contribution in [0.4, 0.5) is 8.78 Å². The molecule has 1 aromatic heterocycles. The predicted molar refractivity (Wildman–Crippen MR) is 120 cm³/mol. The summed E-state index contributed by atoms with van der Waals surface area (Å²) in [6, 6.07) is 11.4. The first kappa shape index (κ1) is 20.5. The monoisotopic (exact) mass is 449 g/mol. The van der Waals surface area contributed by atoms with Gasteiger partial charge in [-0.05, 0) is 56.5 Å². The normalized spacial score (nSPS) is 29.5. The van der Waals surface area contributed by atoms with E-state index in [0.717, 1.165) is 6.42 Å². The van der Waals surface area contributed by atoms with Gasteiger partial charge in [0.2, 0.25) is 0 Å². The molecule has 1 spiro atoms. The highest BCUT2D eigenvalue weighted by molar-refractivity contribution is 6.07. The van der Waals surface area contributed by atoms with E-state index in [9.17, 15) is 13.6 Å². The van der Waals surface area contributed by atoms with Gasteiger partial charge in [0.25, 0.3) is 5.91 Å². The van der Waals surface area contributed by atoms with Crippen molar-refractivity contribution in [1.29, 1.82) is 0 Å². The van der Waals surface area contributed by atoms with E-state index in [-0.39, 0.29) is 29.7 Å². The largest absolute Gasteiger partial charge is 0.486 e. The van der Waals surface area contributed by atoms with Crippen molar-refractivity contribution in [3.05, 3.63) is 71.4 Å². The Kier molecular flexibility index (Phi) is 4.66. The van der Waals surface area contributed by atoms with E-state index >= 15 is 0 Å². The summed E-state index contributed by atoms with van der Waals surface area (Å²) in [6.07, 6.45) is 6.33. The van der Waals surface area contributed by atoms with Crippen molar-refractivity contribution in [2.45, 2.75) is 49.9 Å². The Hall–Kier alpha value is -3.06. The Morgan fingerprint density at radius 3 is 2.76 bits per heavy atom. The van der Waals surface area contributed by atoms with Crippen LogP contribution >= 0.6 is 0 Å². The van der Waals surface area contributed by atoms with Crippen LogP contribution in [0.15, 0.2) is 48.7 Å². The Bertz CT molecular complexity index is 1240. The molecule has 1 aliphatic heterocycles. The molecule has 0 radical (unpaired) electrons. The van der Waals surface area contributed by atoms with Crippen LogP contribution in [0.2, 0.25) is 0 Å². The van der Waals surface area contributed by atoms with E-state index < -0.39 is 11.6 Å². The van der Waals surface area contributed by atoms with Gasteiger partial charge in [-0.15, -0.1) is 0 Å². The summed E-state index contributed by atoms with van der Waals surface area (Å²) in [5, 5.41) is 3.93. The lowest BCUT2D eigenvalue weighted by atomic mass is 9.61. The third-order valence-corrected chi connectivity index (χ3v) is 8.02. The van der Waals surface area contributed by atoms with Gasteiger partial charge >= 0.3 is 0 Å². The van der Waals surface area contributed by atoms with Crippen LogP contribution in [0, 0.1) is 17.6 Å². The Labute approximate surface area is 190 Å². The van der Waals surface area contributed by atoms with Gasteiger partial charge in [-0.25, -0.2) is 8.78 Å². The summed E-state index contributed by atoms with van der Waals surface area (Å²) in [7, 11) is 2.17. The van der Waals surface area contributed by atoms with E-state index in [4.69, 9.17) is 4.74 Å². The topological polar surface area (TPSA) is 54.2 Å². The number of aromatic nitrogens is 1. The summed E-state index contributed by atoms with van der Waals surface area (Å²) in [6.45, 7) is -0.268. The highest BCUT2D eigenvalue weighted by Gasteiger charge is 2.75. The van der Waals surface area contributed by atoms with Crippen molar-refractivity contribution in [2.24, 2.45) is 5.92 Å². The van der Waals surface area contributed by atoms with E-state index in [1.54, 1.807) is 24.4 Å². The van der Waals surface area contributed by atoms with Gasteiger partial charge in [0.15, 0.2) is 0 Å². The number of benzene rings is 2. The van der Waals surface area contributed by atoms with Gasteiger partial charge < -0.3 is 10.1 Å². The molecule has 5 atom stereocenters. The number of likely N-dealkylation sites (N-methyl/N-ethyl adjacent to an activating group) is 1. The summed E-state index contributed by atoms with van der Waals surface area (Å²) in [4.78, 5) is 20.1. The molecule has 3 aliphatic rings. The highest BCUT2D eigenvalue weighted by Crippen LogP contribution is 2.63. The van der Waals surface area contributed by atoms with Gasteiger partial charge in [-0.3, -0.25) is 14.7 Å². The smallest absolute Gasteiger partial charge is 0.252 e. The number of halogens is 2. The zero-order chi connectivity index (χ0) is 22.7. The molecule has 170 valence electrons. The first-order valence-corrected chi connectivity index (χ1v) is 11.5. The van der Waals surface area contributed by atoms with Crippen LogP contribution in [-0.4, -0.2) is 40.5 Å². The predicted octanol–water partition coefficient (Wildman–Crippen LogP) is 4.45. The molecular weight excluding hydrogens is 424 g/mol. The maximum Gasteiger partial charge on any atom is 0.252 e. The number of rotatable bonds is 5. The SMILES string of the molecule is CN1C2CCCC3CC(NC(=O)c4ccnc5c(OCc6c(F)cccc6F)cccc45)C321. The molecule has 1 saturated heterocycles. The standard InChI is InChI=1S/C26H25F2N3O2/c1-31-23-10-2-5-15-13-22(26(15,23)31)30-25(32)17-11-12-29-24-16(17)6-3-9-21(24)33-14-18-19(27)7-4-8-20(18)28/h3-4,6-9,11-12,15,22-23H,2,5,10,13-14H2,1H3,(H,30,32). The number of hydrogen-bond acceptors (Lipinski definition) is 4. The van der Waals surface area contributed by atoms with E-state index in [0.29, 0.717) is 34.2 Å². The van der Waals surface area contributed by atoms with Crippen LogP contribution < -0.4 is 10.1 Å². The van der Waals surface area contributed by atoms with Gasteiger partial charge in [0.05, 0.1) is 16.7 Å². The van der Waals surface area contributed by atoms with Crippen LogP contribution in [0.1, 0.15) is 41.6 Å². The number of carbonyl (C=O) groups is 1. The zero-order valence-corrected chi connectivity index (χ0v) is 18.4. The number of likely N-dealkylation sites (tertiary alicyclic amines) is 1. The second kappa shape index (κ2) is 7.48. The van der Waals surface area contributed by atoms with Crippen LogP contribution in [-0.2, 0) is 6.61 Å². The number of hydrogen-bond donors (Lipinski definition) is 1. The van der Waals surface area contributed by atoms with Crippen molar-refractivity contribution < 1.29 is 18.3 Å². The van der Waals surface area contributed by atoms with Gasteiger partial charge in [0.1, 0.15) is 29.5 Å². The van der Waals surface area contributed by atoms with E-state index in [1.165, 1.54) is 37.5 Å². The maximum atomic E-state index is 14.0. The molecule has 5 nitrogen and oxygen atoms in total. The molecule has 6 rings (SSSR count). The molecule has 0 bridgehead atoms. The van der Waals surface area contributed by atoms with E-state index in [1.807, 2.05) is 6.07 Å². The number of amides is 1. The molecule has 2 saturated carbocycles. The Morgan fingerprint density at radius 2 is 1.97 bits per heavy atom. The number of carbonyl (C=O) groups excluding carboxylic acids is 1. The lowest BCUT2D eigenvalue weighted by Gasteiger charge is -2.48. The van der Waals surface area contributed by atoms with Gasteiger partial charge in [-0.2, -0.15) is 0 Å². The number of fused-ring (bicyclic) bond motifs is 1. The first-order chi connectivity index (χ1) is 16.0. The molecule has 2 aromatic carbocycles. The Morgan fingerprint density at radius 1 is 1.18 bits per heavy atom. The quantitative estimate of drug-likeness (QED) is 0.585. The molecule has 5 unspecified atom stereocenters. The minimum atomic E-state index is -0.660. The molecule has 1 amide bonds. The fourth-order valence-corrected chi connectivity index (χ4v) is 6.38. The lowest BCUT2D eigenvalue weighted by molar-refractivity contribution is 0.0660. The second-order valence-corrected chi connectivity index (χ2v) is 9.40. The molecule has 33 heavy (non-hydrogen) atoms. The third-order valence-electron chi connectivity index (χ3n) is 8.02. The number of nitrogens with one attached hydrogen (secondary N) is 1. The number of para-hydroxylation sites is 1. The first-order valence-electron chi connectivity index (χ1n) is 11.5. The minimum absolute atomic E-state index is 0.123. The fraction of sp³-hybridized carbons (Fsp3) is 0.385. The van der Waals surface area contributed by atoms with Gasteiger partial charge in [0, 0.05) is 23.7 Å². The van der Waals surface area contributed by atoms with Crippen LogP contribution in [0.5, 0.6) is 5.75 Å². The number of nitrogens with zero attached hydrogens (tertiary/aromatic N) is 2. The highest BCUT2D eigenvalue weighted by atomic mass is 19.1. The maximum absolute atomic E-state index is 14.0. The van der Waals surface area contributed by atoms with Crippen molar-refractivity contribution in [2.75, 3.05) is 7.05 Å². The molecule has 3 fully saturated rings. The summed E-state index contributed by atoms with van der Waals surface area (Å²) in [5.74, 6) is -0.386. The average Bonchev–Trinajstić information content (AvgIpc) is 3.45. The van der Waals surface area contributed by atoms with Crippen molar-refractivity contribution in [3.63, 3.8) is 0 Å². The summed E-state index contributed by atoms with van der Waals surface area (Å²) in [5.41, 5.74) is 1.02.